The molecule has 0 bridgehead atoms. The van der Waals surface area contributed by atoms with E-state index in [0.29, 0.717) is 12.1 Å². The fourth-order valence-electron chi connectivity index (χ4n) is 2.39. The van der Waals surface area contributed by atoms with Gasteiger partial charge in [-0.2, -0.15) is 0 Å². The molecule has 0 unspecified atom stereocenters. The second kappa shape index (κ2) is 5.21. The molecule has 0 fully saturated rings. The first-order chi connectivity index (χ1) is 10.1. The maximum absolute atomic E-state index is 11.2. The Labute approximate surface area is 125 Å². The fraction of sp³-hybridized carbons (Fsp3) is 0.200. The summed E-state index contributed by atoms with van der Waals surface area (Å²) in [6.45, 7) is 4.40. The Morgan fingerprint density at radius 2 is 2.24 bits per heavy atom. The molecule has 0 spiro atoms. The Kier molecular flexibility index (Phi) is 3.39. The number of aromatic carboxylic acids is 1. The number of hydrogen-bond donors (Lipinski definition) is 2. The van der Waals surface area contributed by atoms with Crippen LogP contribution in [0.1, 0.15) is 27.3 Å². The highest BCUT2D eigenvalue weighted by atomic mass is 32.1. The Balaban J connectivity index is 1.88. The highest BCUT2D eigenvalue weighted by Gasteiger charge is 2.12. The van der Waals surface area contributed by atoms with Crippen LogP contribution in [0.15, 0.2) is 29.8 Å². The second-order valence-electron chi connectivity index (χ2n) is 4.84. The minimum Gasteiger partial charge on any atom is -0.478 e. The smallest absolute Gasteiger partial charge is 0.336 e. The molecule has 0 atom stereocenters. The lowest BCUT2D eigenvalue weighted by Gasteiger charge is -2.11. The normalized spacial score (nSPS) is 11.0. The van der Waals surface area contributed by atoms with Gasteiger partial charge in [0.2, 0.25) is 0 Å². The molecule has 0 aliphatic heterocycles. The lowest BCUT2D eigenvalue weighted by Crippen LogP contribution is -2.07. The minimum atomic E-state index is -0.906. The quantitative estimate of drug-likeness (QED) is 0.775. The molecule has 0 saturated heterocycles. The van der Waals surface area contributed by atoms with Gasteiger partial charge >= 0.3 is 5.97 Å². The summed E-state index contributed by atoms with van der Waals surface area (Å²) in [7, 11) is 0. The SMILES string of the molecule is Cc1nc2sccn2c1CNc1cccc(C(=O)O)c1C. The number of imidazole rings is 1. The van der Waals surface area contributed by atoms with E-state index in [9.17, 15) is 4.79 Å². The van der Waals surface area contributed by atoms with Crippen molar-refractivity contribution in [2.24, 2.45) is 0 Å². The summed E-state index contributed by atoms with van der Waals surface area (Å²) in [4.78, 5) is 16.6. The molecule has 2 aromatic heterocycles. The number of benzene rings is 1. The van der Waals surface area contributed by atoms with Crippen molar-refractivity contribution in [2.45, 2.75) is 20.4 Å². The van der Waals surface area contributed by atoms with Crippen LogP contribution in [0, 0.1) is 13.8 Å². The van der Waals surface area contributed by atoms with Gasteiger partial charge in [0.1, 0.15) is 0 Å². The number of carbonyl (C=O) groups is 1. The fourth-order valence-corrected chi connectivity index (χ4v) is 3.17. The topological polar surface area (TPSA) is 66.6 Å². The Morgan fingerprint density at radius 3 is 3.00 bits per heavy atom. The zero-order valence-electron chi connectivity index (χ0n) is 11.8. The molecular weight excluding hydrogens is 286 g/mol. The highest BCUT2D eigenvalue weighted by molar-refractivity contribution is 7.15. The van der Waals surface area contributed by atoms with E-state index >= 15 is 0 Å². The van der Waals surface area contributed by atoms with Crippen LogP contribution in [0.2, 0.25) is 0 Å². The average Bonchev–Trinajstić information content (AvgIpc) is 2.98. The molecular formula is C15H15N3O2S. The molecule has 2 N–H and O–H groups in total. The summed E-state index contributed by atoms with van der Waals surface area (Å²) in [5.41, 5.74) is 3.98. The van der Waals surface area contributed by atoms with Gasteiger partial charge in [-0.05, 0) is 31.5 Å². The predicted octanol–water partition coefficient (Wildman–Crippen LogP) is 3.32. The van der Waals surface area contributed by atoms with Crippen molar-refractivity contribution in [1.29, 1.82) is 0 Å². The number of thiazole rings is 1. The Bertz CT molecular complexity index is 820. The van der Waals surface area contributed by atoms with Gasteiger partial charge in [-0.15, -0.1) is 11.3 Å². The highest BCUT2D eigenvalue weighted by Crippen LogP contribution is 2.22. The van der Waals surface area contributed by atoms with E-state index in [0.717, 1.165) is 27.6 Å². The van der Waals surface area contributed by atoms with Crippen molar-refractivity contribution >= 4 is 28.0 Å². The summed E-state index contributed by atoms with van der Waals surface area (Å²) in [5.74, 6) is -0.906. The Morgan fingerprint density at radius 1 is 1.43 bits per heavy atom. The van der Waals surface area contributed by atoms with E-state index in [1.54, 1.807) is 23.5 Å². The van der Waals surface area contributed by atoms with Crippen LogP contribution < -0.4 is 5.32 Å². The molecule has 5 nitrogen and oxygen atoms in total. The number of rotatable bonds is 4. The van der Waals surface area contributed by atoms with Gasteiger partial charge in [0.25, 0.3) is 0 Å². The third-order valence-electron chi connectivity index (χ3n) is 3.57. The maximum Gasteiger partial charge on any atom is 0.336 e. The van der Waals surface area contributed by atoms with Gasteiger partial charge < -0.3 is 10.4 Å². The number of carboxylic acid groups (broad SMARTS) is 1. The van der Waals surface area contributed by atoms with Crippen LogP contribution in [0.25, 0.3) is 4.96 Å². The Hall–Kier alpha value is -2.34. The molecule has 0 radical (unpaired) electrons. The summed E-state index contributed by atoms with van der Waals surface area (Å²) >= 11 is 1.60. The van der Waals surface area contributed by atoms with E-state index in [4.69, 9.17) is 5.11 Å². The number of nitrogens with zero attached hydrogens (tertiary/aromatic N) is 2. The lowest BCUT2D eigenvalue weighted by molar-refractivity contribution is 0.0696. The molecule has 2 heterocycles. The third-order valence-corrected chi connectivity index (χ3v) is 4.33. The van der Waals surface area contributed by atoms with Crippen LogP contribution in [0.4, 0.5) is 5.69 Å². The van der Waals surface area contributed by atoms with Crippen molar-refractivity contribution in [3.05, 3.63) is 52.3 Å². The summed E-state index contributed by atoms with van der Waals surface area (Å²) < 4.78 is 2.06. The molecule has 21 heavy (non-hydrogen) atoms. The first-order valence-corrected chi connectivity index (χ1v) is 7.43. The number of aromatic nitrogens is 2. The lowest BCUT2D eigenvalue weighted by atomic mass is 10.1. The van der Waals surface area contributed by atoms with Gasteiger partial charge in [0, 0.05) is 17.3 Å². The number of anilines is 1. The number of nitrogens with one attached hydrogen (secondary N) is 1. The molecule has 0 amide bonds. The zero-order valence-corrected chi connectivity index (χ0v) is 12.6. The molecule has 6 heteroatoms. The predicted molar refractivity (Wildman–Crippen MR) is 83.3 cm³/mol. The van der Waals surface area contributed by atoms with Gasteiger partial charge in [0.05, 0.1) is 23.5 Å². The van der Waals surface area contributed by atoms with Gasteiger partial charge in [-0.1, -0.05) is 6.07 Å². The van der Waals surface area contributed by atoms with E-state index in [2.05, 4.69) is 14.7 Å². The number of carboxylic acids is 1. The molecule has 108 valence electrons. The van der Waals surface area contributed by atoms with Crippen LogP contribution in [0.5, 0.6) is 0 Å². The maximum atomic E-state index is 11.2. The first-order valence-electron chi connectivity index (χ1n) is 6.55. The molecule has 0 saturated carbocycles. The molecule has 1 aromatic carbocycles. The zero-order chi connectivity index (χ0) is 15.0. The van der Waals surface area contributed by atoms with Gasteiger partial charge in [0.15, 0.2) is 4.96 Å². The van der Waals surface area contributed by atoms with Crippen molar-refractivity contribution in [2.75, 3.05) is 5.32 Å². The summed E-state index contributed by atoms with van der Waals surface area (Å²) in [6, 6.07) is 5.26. The third kappa shape index (κ3) is 2.38. The minimum absolute atomic E-state index is 0.325. The van der Waals surface area contributed by atoms with Crippen LogP contribution in [0.3, 0.4) is 0 Å². The summed E-state index contributed by atoms with van der Waals surface area (Å²) in [5, 5.41) is 14.5. The van der Waals surface area contributed by atoms with Crippen LogP contribution >= 0.6 is 11.3 Å². The van der Waals surface area contributed by atoms with Crippen molar-refractivity contribution in [3.63, 3.8) is 0 Å². The summed E-state index contributed by atoms with van der Waals surface area (Å²) in [6.07, 6.45) is 2.00. The van der Waals surface area contributed by atoms with Crippen LogP contribution in [-0.4, -0.2) is 20.5 Å². The van der Waals surface area contributed by atoms with Crippen LogP contribution in [-0.2, 0) is 6.54 Å². The van der Waals surface area contributed by atoms with Crippen molar-refractivity contribution in [1.82, 2.24) is 9.38 Å². The van der Waals surface area contributed by atoms with Crippen molar-refractivity contribution in [3.8, 4) is 0 Å². The second-order valence-corrected chi connectivity index (χ2v) is 5.71. The number of aryl methyl sites for hydroxylation is 1. The molecule has 0 aliphatic carbocycles. The largest absolute Gasteiger partial charge is 0.478 e. The van der Waals surface area contributed by atoms with E-state index in [1.165, 1.54) is 0 Å². The standard InChI is InChI=1S/C15H15N3O2S/c1-9-11(14(19)20)4-3-5-12(9)16-8-13-10(2)17-15-18(13)6-7-21-15/h3-7,16H,8H2,1-2H3,(H,19,20). The van der Waals surface area contributed by atoms with Crippen molar-refractivity contribution < 1.29 is 9.90 Å². The molecule has 3 aromatic rings. The number of fused-ring (bicyclic) bond motifs is 1. The molecule has 0 aliphatic rings. The van der Waals surface area contributed by atoms with E-state index < -0.39 is 5.97 Å². The first kappa shape index (κ1) is 13.6. The van der Waals surface area contributed by atoms with E-state index in [1.807, 2.05) is 31.5 Å². The number of hydrogen-bond acceptors (Lipinski definition) is 4. The van der Waals surface area contributed by atoms with E-state index in [-0.39, 0.29) is 0 Å². The monoisotopic (exact) mass is 301 g/mol. The van der Waals surface area contributed by atoms with Gasteiger partial charge in [-0.25, -0.2) is 9.78 Å². The molecule has 3 rings (SSSR count). The average molecular weight is 301 g/mol. The van der Waals surface area contributed by atoms with Gasteiger partial charge in [-0.3, -0.25) is 4.40 Å².